The average Bonchev–Trinajstić information content (AvgIpc) is 2.45. The normalized spacial score (nSPS) is 19.6. The third kappa shape index (κ3) is 3.20. The quantitative estimate of drug-likeness (QED) is 0.892. The maximum Gasteiger partial charge on any atom is 0.293 e. The van der Waals surface area contributed by atoms with Crippen LogP contribution in [0.3, 0.4) is 0 Å². The molecule has 1 aromatic heterocycles. The van der Waals surface area contributed by atoms with Crippen LogP contribution in [0.4, 0.5) is 5.82 Å². The molecule has 1 aromatic rings. The van der Waals surface area contributed by atoms with E-state index in [9.17, 15) is 4.79 Å². The van der Waals surface area contributed by atoms with Gasteiger partial charge in [0.1, 0.15) is 0 Å². The van der Waals surface area contributed by atoms with Gasteiger partial charge in [-0.1, -0.05) is 0 Å². The molecule has 0 radical (unpaired) electrons. The van der Waals surface area contributed by atoms with Gasteiger partial charge in [-0.15, -0.1) is 0 Å². The van der Waals surface area contributed by atoms with Gasteiger partial charge >= 0.3 is 0 Å². The van der Waals surface area contributed by atoms with Crippen LogP contribution in [0.2, 0.25) is 0 Å². The van der Waals surface area contributed by atoms with Gasteiger partial charge in [-0.2, -0.15) is 0 Å². The Morgan fingerprint density at radius 3 is 2.95 bits per heavy atom. The van der Waals surface area contributed by atoms with Crippen LogP contribution in [-0.2, 0) is 0 Å². The van der Waals surface area contributed by atoms with E-state index in [0.717, 1.165) is 32.4 Å². The lowest BCUT2D eigenvalue weighted by atomic mass is 9.99. The fourth-order valence-electron chi connectivity index (χ4n) is 2.91. The van der Waals surface area contributed by atoms with Crippen molar-refractivity contribution >= 4 is 5.82 Å². The lowest BCUT2D eigenvalue weighted by Gasteiger charge is -2.36. The number of hydrogen-bond acceptors (Lipinski definition) is 4. The summed E-state index contributed by atoms with van der Waals surface area (Å²) in [4.78, 5) is 19.2. The second-order valence-electron chi connectivity index (χ2n) is 5.79. The SMILES string of the molecule is CNCCC1CCCCN1c1nccn(C(C)C)c1=O. The summed E-state index contributed by atoms with van der Waals surface area (Å²) < 4.78 is 1.77. The highest BCUT2D eigenvalue weighted by atomic mass is 16.1. The van der Waals surface area contributed by atoms with E-state index in [1.807, 2.05) is 20.9 Å². The Hall–Kier alpha value is -1.36. The van der Waals surface area contributed by atoms with E-state index in [2.05, 4.69) is 15.2 Å². The van der Waals surface area contributed by atoms with Crippen molar-refractivity contribution in [1.82, 2.24) is 14.9 Å². The number of rotatable bonds is 5. The molecular formula is C15H26N4O. The monoisotopic (exact) mass is 278 g/mol. The smallest absolute Gasteiger partial charge is 0.293 e. The van der Waals surface area contributed by atoms with Crippen LogP contribution in [0.1, 0.15) is 45.6 Å². The van der Waals surface area contributed by atoms with Crippen LogP contribution in [-0.4, -0.2) is 35.7 Å². The van der Waals surface area contributed by atoms with Crippen molar-refractivity contribution < 1.29 is 0 Å². The summed E-state index contributed by atoms with van der Waals surface area (Å²) in [7, 11) is 1.97. The molecule has 0 aliphatic carbocycles. The molecule has 1 atom stereocenters. The highest BCUT2D eigenvalue weighted by molar-refractivity contribution is 5.38. The minimum Gasteiger partial charge on any atom is -0.349 e. The minimum atomic E-state index is 0.0406. The number of nitrogens with zero attached hydrogens (tertiary/aromatic N) is 3. The first-order valence-electron chi connectivity index (χ1n) is 7.63. The second-order valence-corrected chi connectivity index (χ2v) is 5.79. The first-order valence-corrected chi connectivity index (χ1v) is 7.63. The molecule has 0 spiro atoms. The molecule has 1 aliphatic heterocycles. The Kier molecular flexibility index (Phi) is 5.17. The molecule has 1 aliphatic rings. The standard InChI is InChI=1S/C15H26N4O/c1-12(2)18-11-9-17-14(15(18)20)19-10-5-4-6-13(19)7-8-16-3/h9,11-13,16H,4-8,10H2,1-3H3. The molecule has 0 saturated carbocycles. The molecule has 1 unspecified atom stereocenters. The Morgan fingerprint density at radius 1 is 1.45 bits per heavy atom. The lowest BCUT2D eigenvalue weighted by Crippen LogP contribution is -2.45. The van der Waals surface area contributed by atoms with Gasteiger partial charge in [-0.25, -0.2) is 4.98 Å². The predicted molar refractivity (Wildman–Crippen MR) is 82.4 cm³/mol. The fraction of sp³-hybridized carbons (Fsp3) is 0.733. The highest BCUT2D eigenvalue weighted by Crippen LogP contribution is 2.22. The van der Waals surface area contributed by atoms with Crippen molar-refractivity contribution in [3.8, 4) is 0 Å². The van der Waals surface area contributed by atoms with Crippen LogP contribution in [0, 0.1) is 0 Å². The largest absolute Gasteiger partial charge is 0.349 e. The molecule has 20 heavy (non-hydrogen) atoms. The van der Waals surface area contributed by atoms with Crippen molar-refractivity contribution in [3.63, 3.8) is 0 Å². The maximum absolute atomic E-state index is 12.6. The van der Waals surface area contributed by atoms with Gasteiger partial charge in [0.05, 0.1) is 0 Å². The summed E-state index contributed by atoms with van der Waals surface area (Å²) in [6.45, 7) is 5.98. The van der Waals surface area contributed by atoms with Gasteiger partial charge in [-0.3, -0.25) is 4.79 Å². The van der Waals surface area contributed by atoms with E-state index < -0.39 is 0 Å². The highest BCUT2D eigenvalue weighted by Gasteiger charge is 2.25. The molecule has 5 nitrogen and oxygen atoms in total. The Bertz CT molecular complexity index is 483. The van der Waals surface area contributed by atoms with Gasteiger partial charge in [-0.05, 0) is 53.1 Å². The molecule has 2 rings (SSSR count). The summed E-state index contributed by atoms with van der Waals surface area (Å²) in [5.41, 5.74) is 0.0406. The molecule has 2 heterocycles. The lowest BCUT2D eigenvalue weighted by molar-refractivity contribution is 0.427. The predicted octanol–water partition coefficient (Wildman–Crippen LogP) is 1.79. The van der Waals surface area contributed by atoms with Crippen molar-refractivity contribution in [2.45, 2.75) is 51.6 Å². The van der Waals surface area contributed by atoms with Gasteiger partial charge in [0.25, 0.3) is 5.56 Å². The number of hydrogen-bond donors (Lipinski definition) is 1. The molecule has 1 fully saturated rings. The molecular weight excluding hydrogens is 252 g/mol. The molecule has 0 aromatic carbocycles. The molecule has 0 bridgehead atoms. The molecule has 1 saturated heterocycles. The average molecular weight is 278 g/mol. The van der Waals surface area contributed by atoms with Crippen molar-refractivity contribution in [3.05, 3.63) is 22.7 Å². The number of anilines is 1. The third-order valence-electron chi connectivity index (χ3n) is 4.03. The van der Waals surface area contributed by atoms with Gasteiger partial charge < -0.3 is 14.8 Å². The minimum absolute atomic E-state index is 0.0406. The van der Waals surface area contributed by atoms with Gasteiger partial charge in [0.2, 0.25) is 0 Å². The number of aromatic nitrogens is 2. The first kappa shape index (κ1) is 15.0. The van der Waals surface area contributed by atoms with Crippen molar-refractivity contribution in [1.29, 1.82) is 0 Å². The molecule has 1 N–H and O–H groups in total. The van der Waals surface area contributed by atoms with Crippen LogP contribution in [0.15, 0.2) is 17.2 Å². The molecule has 5 heteroatoms. The third-order valence-corrected chi connectivity index (χ3v) is 4.03. The molecule has 112 valence electrons. The van der Waals surface area contributed by atoms with E-state index >= 15 is 0 Å². The Labute approximate surface area is 121 Å². The second kappa shape index (κ2) is 6.88. The number of piperidine rings is 1. The fourth-order valence-corrected chi connectivity index (χ4v) is 2.91. The molecule has 0 amide bonds. The summed E-state index contributed by atoms with van der Waals surface area (Å²) in [6, 6.07) is 0.601. The summed E-state index contributed by atoms with van der Waals surface area (Å²) in [6.07, 6.45) is 8.14. The van der Waals surface area contributed by atoms with E-state index in [1.54, 1.807) is 17.0 Å². The summed E-state index contributed by atoms with van der Waals surface area (Å²) in [5.74, 6) is 0.627. The van der Waals surface area contributed by atoms with Crippen LogP contribution >= 0.6 is 0 Å². The van der Waals surface area contributed by atoms with E-state index in [4.69, 9.17) is 0 Å². The van der Waals surface area contributed by atoms with Crippen LogP contribution in [0.5, 0.6) is 0 Å². The van der Waals surface area contributed by atoms with Gasteiger partial charge in [0.15, 0.2) is 5.82 Å². The van der Waals surface area contributed by atoms with Crippen molar-refractivity contribution in [2.75, 3.05) is 25.0 Å². The van der Waals surface area contributed by atoms with Gasteiger partial charge in [0, 0.05) is 31.0 Å². The summed E-state index contributed by atoms with van der Waals surface area (Å²) >= 11 is 0. The van der Waals surface area contributed by atoms with E-state index in [-0.39, 0.29) is 11.6 Å². The Morgan fingerprint density at radius 2 is 2.25 bits per heavy atom. The Balaban J connectivity index is 2.28. The zero-order valence-electron chi connectivity index (χ0n) is 12.8. The first-order chi connectivity index (χ1) is 9.65. The van der Waals surface area contributed by atoms with E-state index in [0.29, 0.717) is 11.9 Å². The van der Waals surface area contributed by atoms with Crippen molar-refractivity contribution in [2.24, 2.45) is 0 Å². The van der Waals surface area contributed by atoms with E-state index in [1.165, 1.54) is 6.42 Å². The van der Waals surface area contributed by atoms with Crippen LogP contribution < -0.4 is 15.8 Å². The zero-order chi connectivity index (χ0) is 14.5. The van der Waals surface area contributed by atoms with Crippen LogP contribution in [0.25, 0.3) is 0 Å². The topological polar surface area (TPSA) is 50.2 Å². The number of nitrogens with one attached hydrogen (secondary N) is 1. The summed E-state index contributed by atoms with van der Waals surface area (Å²) in [5, 5.41) is 3.20. The maximum atomic E-state index is 12.6. The zero-order valence-corrected chi connectivity index (χ0v) is 12.8.